The first-order chi connectivity index (χ1) is 13.7. The molecule has 4 rings (SSSR count). The van der Waals surface area contributed by atoms with E-state index in [9.17, 15) is 0 Å². The van der Waals surface area contributed by atoms with E-state index in [2.05, 4.69) is 21.2 Å². The summed E-state index contributed by atoms with van der Waals surface area (Å²) in [4.78, 5) is 4.63. The van der Waals surface area contributed by atoms with Crippen molar-refractivity contribution in [1.29, 1.82) is 5.26 Å². The predicted molar refractivity (Wildman–Crippen MR) is 110 cm³/mol. The lowest BCUT2D eigenvalue weighted by atomic mass is 10.1. The Morgan fingerprint density at radius 3 is 2.46 bits per heavy atom. The standard InChI is InChI=1S/C21H22N4O2S/c22-12-16-1-3-17(4-2-16)14-24-7-9-25(10-8-24)21(28)23-13-18-5-6-19-20(11-18)27-15-26-19/h1-6,11H,7-10,13-15H2,(H,23,28). The van der Waals surface area contributed by atoms with Gasteiger partial charge in [0, 0.05) is 39.3 Å². The largest absolute Gasteiger partial charge is 0.454 e. The van der Waals surface area contributed by atoms with Crippen molar-refractivity contribution >= 4 is 17.3 Å². The molecule has 6 nitrogen and oxygen atoms in total. The molecule has 0 bridgehead atoms. The van der Waals surface area contributed by atoms with Crippen molar-refractivity contribution in [2.24, 2.45) is 0 Å². The Bertz CT molecular complexity index is 886. The van der Waals surface area contributed by atoms with Crippen molar-refractivity contribution in [1.82, 2.24) is 15.1 Å². The molecular weight excluding hydrogens is 372 g/mol. The Balaban J connectivity index is 1.23. The maximum atomic E-state index is 8.89. The van der Waals surface area contributed by atoms with Gasteiger partial charge in [0.25, 0.3) is 0 Å². The first kappa shape index (κ1) is 18.5. The van der Waals surface area contributed by atoms with Crippen molar-refractivity contribution in [3.63, 3.8) is 0 Å². The van der Waals surface area contributed by atoms with E-state index in [1.807, 2.05) is 42.5 Å². The number of hydrogen-bond acceptors (Lipinski definition) is 5. The molecule has 0 unspecified atom stereocenters. The predicted octanol–water partition coefficient (Wildman–Crippen LogP) is 2.48. The highest BCUT2D eigenvalue weighted by Crippen LogP contribution is 2.32. The second kappa shape index (κ2) is 8.46. The third-order valence-corrected chi connectivity index (χ3v) is 5.43. The summed E-state index contributed by atoms with van der Waals surface area (Å²) < 4.78 is 10.8. The van der Waals surface area contributed by atoms with Crippen LogP contribution in [0.5, 0.6) is 11.5 Å². The number of benzene rings is 2. The van der Waals surface area contributed by atoms with Crippen LogP contribution in [-0.2, 0) is 13.1 Å². The van der Waals surface area contributed by atoms with Gasteiger partial charge in [-0.2, -0.15) is 5.26 Å². The van der Waals surface area contributed by atoms with Crippen LogP contribution in [0.2, 0.25) is 0 Å². The van der Waals surface area contributed by atoms with Gasteiger partial charge < -0.3 is 19.7 Å². The summed E-state index contributed by atoms with van der Waals surface area (Å²) in [6, 6.07) is 15.9. The van der Waals surface area contributed by atoms with Crippen LogP contribution in [-0.4, -0.2) is 47.9 Å². The summed E-state index contributed by atoms with van der Waals surface area (Å²) >= 11 is 5.58. The molecule has 1 N–H and O–H groups in total. The lowest BCUT2D eigenvalue weighted by Gasteiger charge is -2.36. The van der Waals surface area contributed by atoms with E-state index in [4.69, 9.17) is 27.0 Å². The molecule has 1 saturated heterocycles. The third-order valence-electron chi connectivity index (χ3n) is 5.03. The van der Waals surface area contributed by atoms with E-state index in [1.165, 1.54) is 5.56 Å². The quantitative estimate of drug-likeness (QED) is 0.800. The summed E-state index contributed by atoms with van der Waals surface area (Å²) in [5.41, 5.74) is 3.05. The highest BCUT2D eigenvalue weighted by molar-refractivity contribution is 7.80. The molecule has 0 aliphatic carbocycles. The maximum Gasteiger partial charge on any atom is 0.231 e. The Morgan fingerprint density at radius 1 is 1.00 bits per heavy atom. The van der Waals surface area contributed by atoms with Gasteiger partial charge in [-0.3, -0.25) is 4.90 Å². The minimum atomic E-state index is 0.289. The van der Waals surface area contributed by atoms with Crippen LogP contribution >= 0.6 is 12.2 Å². The van der Waals surface area contributed by atoms with Crippen LogP contribution in [0.25, 0.3) is 0 Å². The van der Waals surface area contributed by atoms with E-state index in [0.29, 0.717) is 12.1 Å². The first-order valence-corrected chi connectivity index (χ1v) is 9.75. The van der Waals surface area contributed by atoms with Crippen molar-refractivity contribution in [3.05, 3.63) is 59.2 Å². The molecule has 7 heteroatoms. The van der Waals surface area contributed by atoms with Gasteiger partial charge in [0.05, 0.1) is 11.6 Å². The zero-order valence-corrected chi connectivity index (χ0v) is 16.4. The molecule has 2 heterocycles. The highest BCUT2D eigenvalue weighted by Gasteiger charge is 2.19. The zero-order chi connectivity index (χ0) is 19.3. The first-order valence-electron chi connectivity index (χ1n) is 9.34. The van der Waals surface area contributed by atoms with Gasteiger partial charge in [-0.25, -0.2) is 0 Å². The topological polar surface area (TPSA) is 60.8 Å². The third kappa shape index (κ3) is 4.35. The van der Waals surface area contributed by atoms with Gasteiger partial charge in [-0.15, -0.1) is 0 Å². The normalized spacial score (nSPS) is 15.9. The van der Waals surface area contributed by atoms with E-state index < -0.39 is 0 Å². The van der Waals surface area contributed by atoms with Crippen LogP contribution in [0.15, 0.2) is 42.5 Å². The molecule has 2 aromatic carbocycles. The second-order valence-electron chi connectivity index (χ2n) is 6.92. The molecule has 28 heavy (non-hydrogen) atoms. The number of hydrogen-bond donors (Lipinski definition) is 1. The summed E-state index contributed by atoms with van der Waals surface area (Å²) in [6.07, 6.45) is 0. The maximum absolute atomic E-state index is 8.89. The number of rotatable bonds is 4. The molecule has 0 atom stereocenters. The fraction of sp³-hybridized carbons (Fsp3) is 0.333. The average Bonchev–Trinajstić information content (AvgIpc) is 3.21. The van der Waals surface area contributed by atoms with Gasteiger partial charge in [-0.1, -0.05) is 18.2 Å². The van der Waals surface area contributed by atoms with E-state index in [-0.39, 0.29) is 6.79 Å². The number of piperazine rings is 1. The molecule has 144 valence electrons. The molecule has 0 saturated carbocycles. The Hall–Kier alpha value is -2.82. The molecule has 1 fully saturated rings. The van der Waals surface area contributed by atoms with Gasteiger partial charge in [-0.05, 0) is 47.6 Å². The van der Waals surface area contributed by atoms with Crippen LogP contribution in [0.1, 0.15) is 16.7 Å². The van der Waals surface area contributed by atoms with Gasteiger partial charge in [0.1, 0.15) is 0 Å². The Labute approximate surface area is 170 Å². The lowest BCUT2D eigenvalue weighted by Crippen LogP contribution is -2.51. The number of nitrogens with one attached hydrogen (secondary N) is 1. The SMILES string of the molecule is N#Cc1ccc(CN2CCN(C(=S)NCc3ccc4c(c3)OCO4)CC2)cc1. The van der Waals surface area contributed by atoms with E-state index >= 15 is 0 Å². The van der Waals surface area contributed by atoms with Crippen molar-refractivity contribution < 1.29 is 9.47 Å². The smallest absolute Gasteiger partial charge is 0.231 e. The Morgan fingerprint density at radius 2 is 1.71 bits per heavy atom. The van der Waals surface area contributed by atoms with Crippen LogP contribution in [0.3, 0.4) is 0 Å². The summed E-state index contributed by atoms with van der Waals surface area (Å²) in [6.45, 7) is 5.60. The van der Waals surface area contributed by atoms with Crippen molar-refractivity contribution in [2.75, 3.05) is 33.0 Å². The zero-order valence-electron chi connectivity index (χ0n) is 15.6. The minimum Gasteiger partial charge on any atom is -0.454 e. The molecule has 2 aliphatic rings. The number of nitrogens with zero attached hydrogens (tertiary/aromatic N) is 3. The summed E-state index contributed by atoms with van der Waals surface area (Å²) in [7, 11) is 0. The monoisotopic (exact) mass is 394 g/mol. The lowest BCUT2D eigenvalue weighted by molar-refractivity contribution is 0.174. The van der Waals surface area contributed by atoms with E-state index in [1.54, 1.807) is 0 Å². The van der Waals surface area contributed by atoms with Crippen LogP contribution in [0.4, 0.5) is 0 Å². The van der Waals surface area contributed by atoms with Crippen molar-refractivity contribution in [2.45, 2.75) is 13.1 Å². The van der Waals surface area contributed by atoms with Crippen LogP contribution < -0.4 is 14.8 Å². The van der Waals surface area contributed by atoms with Gasteiger partial charge in [0.15, 0.2) is 16.6 Å². The van der Waals surface area contributed by atoms with Gasteiger partial charge in [0.2, 0.25) is 6.79 Å². The van der Waals surface area contributed by atoms with E-state index in [0.717, 1.165) is 54.9 Å². The number of nitriles is 1. The molecule has 0 amide bonds. The fourth-order valence-electron chi connectivity index (χ4n) is 3.39. The minimum absolute atomic E-state index is 0.289. The Kier molecular flexibility index (Phi) is 5.60. The number of fused-ring (bicyclic) bond motifs is 1. The molecule has 2 aliphatic heterocycles. The fourth-order valence-corrected chi connectivity index (χ4v) is 3.65. The molecule has 0 spiro atoms. The van der Waals surface area contributed by atoms with Crippen molar-refractivity contribution in [3.8, 4) is 17.6 Å². The second-order valence-corrected chi connectivity index (χ2v) is 7.30. The average molecular weight is 395 g/mol. The highest BCUT2D eigenvalue weighted by atomic mass is 32.1. The number of ether oxygens (including phenoxy) is 2. The van der Waals surface area contributed by atoms with Crippen LogP contribution in [0, 0.1) is 11.3 Å². The molecule has 2 aromatic rings. The summed E-state index contributed by atoms with van der Waals surface area (Å²) in [5, 5.41) is 13.0. The van der Waals surface area contributed by atoms with Gasteiger partial charge >= 0.3 is 0 Å². The molecular formula is C21H22N4O2S. The molecule has 0 aromatic heterocycles. The molecule has 0 radical (unpaired) electrons. The number of thiocarbonyl (C=S) groups is 1. The summed E-state index contributed by atoms with van der Waals surface area (Å²) in [5.74, 6) is 1.59.